The van der Waals surface area contributed by atoms with Crippen LogP contribution in [-0.4, -0.2) is 47.1 Å². The molecule has 0 aromatic carbocycles. The van der Waals surface area contributed by atoms with E-state index < -0.39 is 50.2 Å². The van der Waals surface area contributed by atoms with Crippen molar-refractivity contribution in [3.05, 3.63) is 0 Å². The lowest BCUT2D eigenvalue weighted by Gasteiger charge is -2.19. The average Bonchev–Trinajstić information content (AvgIpc) is 2.72. The van der Waals surface area contributed by atoms with E-state index in [1.54, 1.807) is 0 Å². The van der Waals surface area contributed by atoms with Crippen molar-refractivity contribution in [2.75, 3.05) is 5.75 Å². The number of carboxylic acids is 2. The minimum Gasteiger partial charge on any atom is -0.481 e. The van der Waals surface area contributed by atoms with Gasteiger partial charge in [0.05, 0.1) is 16.9 Å². The van der Waals surface area contributed by atoms with Crippen molar-refractivity contribution in [1.29, 1.82) is 0 Å². The predicted octanol–water partition coefficient (Wildman–Crippen LogP) is -2.10. The number of hydrogen-bond acceptors (Lipinski definition) is 5. The monoisotopic (exact) mass is 235 g/mol. The van der Waals surface area contributed by atoms with Gasteiger partial charge in [-0.3, -0.25) is 9.59 Å². The van der Waals surface area contributed by atoms with Crippen LogP contribution in [0.3, 0.4) is 0 Å². The molecule has 0 aromatic heterocycles. The van der Waals surface area contributed by atoms with Crippen LogP contribution in [-0.2, 0) is 19.4 Å². The second-order valence-corrected chi connectivity index (χ2v) is 6.17. The van der Waals surface area contributed by atoms with E-state index >= 15 is 0 Å². The molecule has 8 heteroatoms. The standard InChI is InChI=1S/C7H9NO6S/c8-7(6(11)12)1-15(13,14)4-2(3(4)7)5(9)10/h2-4H,1,8H2,(H,9,10)(H,11,12)/t2-,3-,4+,7+/m0/s1. The van der Waals surface area contributed by atoms with Gasteiger partial charge in [-0.05, 0) is 0 Å². The average molecular weight is 235 g/mol. The third kappa shape index (κ3) is 1.11. The fourth-order valence-corrected chi connectivity index (χ4v) is 5.04. The Bertz CT molecular complexity index is 456. The molecule has 2 aliphatic rings. The Morgan fingerprint density at radius 2 is 1.87 bits per heavy atom. The van der Waals surface area contributed by atoms with Crippen LogP contribution >= 0.6 is 0 Å². The highest BCUT2D eigenvalue weighted by Crippen LogP contribution is 2.56. The van der Waals surface area contributed by atoms with E-state index in [2.05, 4.69) is 0 Å². The summed E-state index contributed by atoms with van der Waals surface area (Å²) in [5, 5.41) is 16.4. The predicted molar refractivity (Wildman–Crippen MR) is 46.7 cm³/mol. The van der Waals surface area contributed by atoms with Crippen LogP contribution in [0.25, 0.3) is 0 Å². The third-order valence-electron chi connectivity index (χ3n) is 3.09. The molecule has 4 atom stereocenters. The molecule has 1 aliphatic carbocycles. The number of fused-ring (bicyclic) bond motifs is 1. The molecular formula is C7H9NO6S. The first kappa shape index (κ1) is 10.4. The van der Waals surface area contributed by atoms with Crippen molar-refractivity contribution < 1.29 is 28.2 Å². The quantitative estimate of drug-likeness (QED) is 0.498. The van der Waals surface area contributed by atoms with Gasteiger partial charge in [0.25, 0.3) is 0 Å². The maximum Gasteiger partial charge on any atom is 0.325 e. The molecule has 0 bridgehead atoms. The highest BCUT2D eigenvalue weighted by atomic mass is 32.2. The summed E-state index contributed by atoms with van der Waals surface area (Å²) in [7, 11) is -3.68. The van der Waals surface area contributed by atoms with Gasteiger partial charge in [0, 0.05) is 5.92 Å². The van der Waals surface area contributed by atoms with Gasteiger partial charge in [0.2, 0.25) is 0 Å². The van der Waals surface area contributed by atoms with E-state index in [1.807, 2.05) is 0 Å². The number of nitrogens with two attached hydrogens (primary N) is 1. The molecule has 1 heterocycles. The Morgan fingerprint density at radius 3 is 2.20 bits per heavy atom. The zero-order chi connectivity index (χ0) is 11.6. The maximum absolute atomic E-state index is 11.4. The molecule has 2 rings (SSSR count). The molecule has 0 amide bonds. The van der Waals surface area contributed by atoms with Crippen molar-refractivity contribution in [1.82, 2.24) is 0 Å². The molecular weight excluding hydrogens is 226 g/mol. The van der Waals surface area contributed by atoms with E-state index in [9.17, 15) is 18.0 Å². The normalized spacial score (nSPS) is 45.8. The van der Waals surface area contributed by atoms with Gasteiger partial charge in [-0.2, -0.15) is 0 Å². The number of hydrogen-bond donors (Lipinski definition) is 3. The minimum atomic E-state index is -3.68. The molecule has 84 valence electrons. The van der Waals surface area contributed by atoms with E-state index in [4.69, 9.17) is 15.9 Å². The summed E-state index contributed by atoms with van der Waals surface area (Å²) in [5.41, 5.74) is 3.51. The fourth-order valence-electron chi connectivity index (χ4n) is 2.37. The SMILES string of the molecule is N[C@]1(C(=O)O)CS(=O)(=O)[C@@H]2[C@@H](C(=O)O)[C@@H]21. The van der Waals surface area contributed by atoms with E-state index in [0.29, 0.717) is 0 Å². The van der Waals surface area contributed by atoms with Crippen LogP contribution < -0.4 is 5.73 Å². The zero-order valence-corrected chi connectivity index (χ0v) is 8.27. The van der Waals surface area contributed by atoms with Crippen molar-refractivity contribution in [3.8, 4) is 0 Å². The highest BCUT2D eigenvalue weighted by Gasteiger charge is 2.77. The first-order valence-electron chi connectivity index (χ1n) is 4.18. The zero-order valence-electron chi connectivity index (χ0n) is 7.45. The van der Waals surface area contributed by atoms with E-state index in [0.717, 1.165) is 0 Å². The lowest BCUT2D eigenvalue weighted by atomic mass is 9.96. The Balaban J connectivity index is 2.44. The number of aliphatic carboxylic acids is 2. The van der Waals surface area contributed by atoms with Gasteiger partial charge in [-0.25, -0.2) is 8.42 Å². The molecule has 4 N–H and O–H groups in total. The topological polar surface area (TPSA) is 135 Å². The van der Waals surface area contributed by atoms with Crippen molar-refractivity contribution in [2.45, 2.75) is 10.8 Å². The Hall–Kier alpha value is -1.15. The van der Waals surface area contributed by atoms with Crippen LogP contribution in [0.4, 0.5) is 0 Å². The van der Waals surface area contributed by atoms with Crippen molar-refractivity contribution in [3.63, 3.8) is 0 Å². The van der Waals surface area contributed by atoms with Crippen LogP contribution in [0.1, 0.15) is 0 Å². The molecule has 7 nitrogen and oxygen atoms in total. The van der Waals surface area contributed by atoms with Gasteiger partial charge < -0.3 is 15.9 Å². The number of carboxylic acid groups (broad SMARTS) is 2. The van der Waals surface area contributed by atoms with Crippen LogP contribution in [0.2, 0.25) is 0 Å². The molecule has 0 unspecified atom stereocenters. The van der Waals surface area contributed by atoms with Gasteiger partial charge in [-0.1, -0.05) is 0 Å². The fraction of sp³-hybridized carbons (Fsp3) is 0.714. The molecule has 2 fully saturated rings. The maximum atomic E-state index is 11.4. The number of sulfone groups is 1. The van der Waals surface area contributed by atoms with Crippen LogP contribution in [0.5, 0.6) is 0 Å². The third-order valence-corrected chi connectivity index (χ3v) is 5.38. The Labute approximate surface area is 84.8 Å². The second kappa shape index (κ2) is 2.50. The molecule has 0 radical (unpaired) electrons. The first-order chi connectivity index (χ1) is 6.72. The number of rotatable bonds is 2. The molecule has 15 heavy (non-hydrogen) atoms. The Morgan fingerprint density at radius 1 is 1.33 bits per heavy atom. The van der Waals surface area contributed by atoms with Gasteiger partial charge in [0.15, 0.2) is 9.84 Å². The van der Waals surface area contributed by atoms with E-state index in [1.165, 1.54) is 0 Å². The summed E-state index contributed by atoms with van der Waals surface area (Å²) in [6, 6.07) is 0. The van der Waals surface area contributed by atoms with Crippen LogP contribution in [0, 0.1) is 11.8 Å². The molecule has 1 saturated heterocycles. The highest BCUT2D eigenvalue weighted by molar-refractivity contribution is 7.92. The number of carbonyl (C=O) groups is 2. The summed E-state index contributed by atoms with van der Waals surface area (Å²) in [4.78, 5) is 21.5. The van der Waals surface area contributed by atoms with Gasteiger partial charge in [-0.15, -0.1) is 0 Å². The van der Waals surface area contributed by atoms with Gasteiger partial charge in [0.1, 0.15) is 5.54 Å². The molecule has 1 aliphatic heterocycles. The van der Waals surface area contributed by atoms with Gasteiger partial charge >= 0.3 is 11.9 Å². The summed E-state index contributed by atoms with van der Waals surface area (Å²) in [5.74, 6) is -5.58. The summed E-state index contributed by atoms with van der Waals surface area (Å²) >= 11 is 0. The summed E-state index contributed by atoms with van der Waals surface area (Å²) in [6.45, 7) is 0. The van der Waals surface area contributed by atoms with Crippen molar-refractivity contribution in [2.24, 2.45) is 17.6 Å². The van der Waals surface area contributed by atoms with Crippen molar-refractivity contribution >= 4 is 21.8 Å². The molecule has 1 saturated carbocycles. The van der Waals surface area contributed by atoms with E-state index in [-0.39, 0.29) is 0 Å². The minimum absolute atomic E-state index is 0.672. The summed E-state index contributed by atoms with van der Waals surface area (Å²) in [6.07, 6.45) is 0. The molecule has 0 aromatic rings. The largest absolute Gasteiger partial charge is 0.481 e. The lowest BCUT2D eigenvalue weighted by molar-refractivity contribution is -0.144. The lowest BCUT2D eigenvalue weighted by Crippen LogP contribution is -2.53. The smallest absolute Gasteiger partial charge is 0.325 e. The summed E-state index contributed by atoms with van der Waals surface area (Å²) < 4.78 is 22.9. The Kier molecular flexibility index (Phi) is 1.73. The van der Waals surface area contributed by atoms with Crippen LogP contribution in [0.15, 0.2) is 0 Å². The molecule has 0 spiro atoms. The second-order valence-electron chi connectivity index (χ2n) is 4.01. The first-order valence-corrected chi connectivity index (χ1v) is 5.90.